The second kappa shape index (κ2) is 5.17. The number of carbonyl (C=O) groups is 1. The fourth-order valence-electron chi connectivity index (χ4n) is 2.41. The Labute approximate surface area is 101 Å². The molecular weight excluding hydrogens is 216 g/mol. The Morgan fingerprint density at radius 1 is 1.53 bits per heavy atom. The minimum absolute atomic E-state index is 0.249. The molecule has 2 rings (SSSR count). The van der Waals surface area contributed by atoms with E-state index < -0.39 is 5.97 Å². The molecule has 0 amide bonds. The van der Waals surface area contributed by atoms with Gasteiger partial charge in [0.05, 0.1) is 5.56 Å². The van der Waals surface area contributed by atoms with Gasteiger partial charge < -0.3 is 10.0 Å². The number of aromatic carboxylic acids is 1. The lowest BCUT2D eigenvalue weighted by Crippen LogP contribution is -2.39. The highest BCUT2D eigenvalue weighted by atomic mass is 16.4. The molecule has 0 spiro atoms. The highest BCUT2D eigenvalue weighted by molar-refractivity contribution is 5.87. The fraction of sp³-hybridized carbons (Fsp3) is 0.538. The molecular formula is C13H18N2O2. The van der Waals surface area contributed by atoms with E-state index in [2.05, 4.69) is 16.8 Å². The van der Waals surface area contributed by atoms with Gasteiger partial charge in [-0.15, -0.1) is 0 Å². The number of carboxylic acids is 1. The Balaban J connectivity index is 2.17. The maximum atomic E-state index is 10.8. The number of hydrogen-bond donors (Lipinski definition) is 1. The molecule has 1 fully saturated rings. The van der Waals surface area contributed by atoms with Crippen molar-refractivity contribution in [2.45, 2.75) is 38.6 Å². The molecule has 4 heteroatoms. The van der Waals surface area contributed by atoms with Crippen molar-refractivity contribution >= 4 is 11.8 Å². The molecule has 4 nitrogen and oxygen atoms in total. The van der Waals surface area contributed by atoms with Gasteiger partial charge in [0.1, 0.15) is 5.82 Å². The molecule has 1 N–H and O–H groups in total. The van der Waals surface area contributed by atoms with Gasteiger partial charge in [-0.05, 0) is 37.8 Å². The van der Waals surface area contributed by atoms with E-state index >= 15 is 0 Å². The van der Waals surface area contributed by atoms with Crippen LogP contribution in [0.1, 0.15) is 43.0 Å². The van der Waals surface area contributed by atoms with Gasteiger partial charge in [0.25, 0.3) is 0 Å². The first-order chi connectivity index (χ1) is 8.22. The van der Waals surface area contributed by atoms with E-state index in [1.807, 2.05) is 6.07 Å². The molecule has 0 aromatic carbocycles. The smallest absolute Gasteiger partial charge is 0.337 e. The minimum atomic E-state index is -0.922. The van der Waals surface area contributed by atoms with Crippen LogP contribution in [0.25, 0.3) is 0 Å². The summed E-state index contributed by atoms with van der Waals surface area (Å²) in [5, 5.41) is 8.83. The summed E-state index contributed by atoms with van der Waals surface area (Å²) in [6.45, 7) is 3.21. The summed E-state index contributed by atoms with van der Waals surface area (Å²) in [4.78, 5) is 17.3. The Bertz CT molecular complexity index is 389. The van der Waals surface area contributed by atoms with Crippen molar-refractivity contribution in [3.8, 4) is 0 Å². The number of nitrogens with zero attached hydrogens (tertiary/aromatic N) is 2. The van der Waals surface area contributed by atoms with Gasteiger partial charge in [-0.25, -0.2) is 9.78 Å². The van der Waals surface area contributed by atoms with Gasteiger partial charge in [-0.1, -0.05) is 6.92 Å². The van der Waals surface area contributed by atoms with Crippen molar-refractivity contribution in [2.24, 2.45) is 0 Å². The van der Waals surface area contributed by atoms with Crippen LogP contribution in [0.4, 0.5) is 5.82 Å². The Morgan fingerprint density at radius 2 is 2.35 bits per heavy atom. The lowest BCUT2D eigenvalue weighted by molar-refractivity contribution is 0.0696. The van der Waals surface area contributed by atoms with E-state index in [9.17, 15) is 4.79 Å². The van der Waals surface area contributed by atoms with E-state index in [1.165, 1.54) is 25.5 Å². The van der Waals surface area contributed by atoms with E-state index in [0.717, 1.165) is 18.8 Å². The summed E-state index contributed by atoms with van der Waals surface area (Å²) in [5.41, 5.74) is 0.249. The molecule has 1 aromatic rings. The summed E-state index contributed by atoms with van der Waals surface area (Å²) in [6, 6.07) is 4.00. The predicted octanol–water partition coefficient (Wildman–Crippen LogP) is 2.55. The number of pyridine rings is 1. The molecule has 92 valence electrons. The summed E-state index contributed by atoms with van der Waals surface area (Å²) in [5.74, 6) is -0.0173. The Morgan fingerprint density at radius 3 is 2.94 bits per heavy atom. The van der Waals surface area contributed by atoms with Crippen LogP contribution < -0.4 is 4.90 Å². The molecule has 0 bridgehead atoms. The molecule has 2 heterocycles. The van der Waals surface area contributed by atoms with Gasteiger partial charge in [-0.2, -0.15) is 0 Å². The average Bonchev–Trinajstić information content (AvgIpc) is 2.39. The molecule has 0 radical (unpaired) electrons. The van der Waals surface area contributed by atoms with E-state index in [1.54, 1.807) is 6.07 Å². The molecule has 0 unspecified atom stereocenters. The highest BCUT2D eigenvalue weighted by Gasteiger charge is 2.21. The van der Waals surface area contributed by atoms with E-state index in [4.69, 9.17) is 5.11 Å². The number of piperidine rings is 1. The maximum absolute atomic E-state index is 10.8. The van der Waals surface area contributed by atoms with Crippen molar-refractivity contribution in [1.29, 1.82) is 0 Å². The first kappa shape index (κ1) is 11.9. The molecule has 1 aliphatic rings. The second-order valence-corrected chi connectivity index (χ2v) is 4.46. The third-order valence-electron chi connectivity index (χ3n) is 3.39. The normalized spacial score (nSPS) is 20.3. The summed E-state index contributed by atoms with van der Waals surface area (Å²) in [7, 11) is 0. The zero-order valence-electron chi connectivity index (χ0n) is 10.1. The molecule has 0 aliphatic carbocycles. The predicted molar refractivity (Wildman–Crippen MR) is 66.5 cm³/mol. The third-order valence-corrected chi connectivity index (χ3v) is 3.39. The van der Waals surface area contributed by atoms with Gasteiger partial charge in [0.15, 0.2) is 0 Å². The molecule has 1 aromatic heterocycles. The Kier molecular flexibility index (Phi) is 3.61. The summed E-state index contributed by atoms with van der Waals surface area (Å²) in [6.07, 6.45) is 6.24. The van der Waals surface area contributed by atoms with Crippen molar-refractivity contribution in [3.63, 3.8) is 0 Å². The van der Waals surface area contributed by atoms with Gasteiger partial charge in [-0.3, -0.25) is 0 Å². The van der Waals surface area contributed by atoms with Crippen molar-refractivity contribution in [2.75, 3.05) is 11.4 Å². The topological polar surface area (TPSA) is 53.4 Å². The first-order valence-corrected chi connectivity index (χ1v) is 6.18. The van der Waals surface area contributed by atoms with Crippen molar-refractivity contribution in [1.82, 2.24) is 4.98 Å². The highest BCUT2D eigenvalue weighted by Crippen LogP contribution is 2.24. The molecule has 1 saturated heterocycles. The standard InChI is InChI=1S/C13H18N2O2/c1-2-11-5-3-4-8-15(11)12-7-6-10(9-14-12)13(16)17/h6-7,9,11H,2-5,8H2,1H3,(H,16,17)/t11-/m0/s1. The molecule has 17 heavy (non-hydrogen) atoms. The lowest BCUT2D eigenvalue weighted by Gasteiger charge is -2.36. The quantitative estimate of drug-likeness (QED) is 0.873. The number of hydrogen-bond acceptors (Lipinski definition) is 3. The van der Waals surface area contributed by atoms with Crippen LogP contribution in [0.5, 0.6) is 0 Å². The van der Waals surface area contributed by atoms with Crippen LogP contribution in [-0.2, 0) is 0 Å². The first-order valence-electron chi connectivity index (χ1n) is 6.18. The fourth-order valence-corrected chi connectivity index (χ4v) is 2.41. The van der Waals surface area contributed by atoms with Gasteiger partial charge in [0.2, 0.25) is 0 Å². The monoisotopic (exact) mass is 234 g/mol. The van der Waals surface area contributed by atoms with Crippen LogP contribution in [0.3, 0.4) is 0 Å². The molecule has 1 aliphatic heterocycles. The van der Waals surface area contributed by atoms with Gasteiger partial charge in [0, 0.05) is 18.8 Å². The molecule has 1 atom stereocenters. The lowest BCUT2D eigenvalue weighted by atomic mass is 10.00. The number of carboxylic acid groups (broad SMARTS) is 1. The summed E-state index contributed by atoms with van der Waals surface area (Å²) >= 11 is 0. The van der Waals surface area contributed by atoms with Crippen LogP contribution in [-0.4, -0.2) is 28.6 Å². The average molecular weight is 234 g/mol. The van der Waals surface area contributed by atoms with Crippen molar-refractivity contribution < 1.29 is 9.90 Å². The summed E-state index contributed by atoms with van der Waals surface area (Å²) < 4.78 is 0. The third kappa shape index (κ3) is 2.57. The molecule has 0 saturated carbocycles. The van der Waals surface area contributed by atoms with Crippen LogP contribution in [0, 0.1) is 0 Å². The number of aromatic nitrogens is 1. The van der Waals surface area contributed by atoms with Crippen LogP contribution >= 0.6 is 0 Å². The number of anilines is 1. The second-order valence-electron chi connectivity index (χ2n) is 4.46. The van der Waals surface area contributed by atoms with Gasteiger partial charge >= 0.3 is 5.97 Å². The largest absolute Gasteiger partial charge is 0.478 e. The maximum Gasteiger partial charge on any atom is 0.337 e. The zero-order valence-corrected chi connectivity index (χ0v) is 10.1. The van der Waals surface area contributed by atoms with Crippen LogP contribution in [0.15, 0.2) is 18.3 Å². The van der Waals surface area contributed by atoms with Crippen LogP contribution in [0.2, 0.25) is 0 Å². The minimum Gasteiger partial charge on any atom is -0.478 e. The zero-order chi connectivity index (χ0) is 12.3. The van der Waals surface area contributed by atoms with E-state index in [-0.39, 0.29) is 5.56 Å². The Hall–Kier alpha value is -1.58. The van der Waals surface area contributed by atoms with Crippen molar-refractivity contribution in [3.05, 3.63) is 23.9 Å². The SMILES string of the molecule is CC[C@H]1CCCCN1c1ccc(C(=O)O)cn1. The number of rotatable bonds is 3. The van der Waals surface area contributed by atoms with E-state index in [0.29, 0.717) is 6.04 Å².